The van der Waals surface area contributed by atoms with Crippen molar-refractivity contribution < 1.29 is 0 Å². The van der Waals surface area contributed by atoms with Crippen LogP contribution in [0.15, 0.2) is 6.20 Å². The summed E-state index contributed by atoms with van der Waals surface area (Å²) in [6, 6.07) is 0. The fourth-order valence-electron chi connectivity index (χ4n) is 2.08. The van der Waals surface area contributed by atoms with Crippen molar-refractivity contribution in [1.29, 1.82) is 0 Å². The summed E-state index contributed by atoms with van der Waals surface area (Å²) in [6.45, 7) is 12.5. The van der Waals surface area contributed by atoms with Crippen LogP contribution >= 0.6 is 17.7 Å². The van der Waals surface area contributed by atoms with E-state index in [4.69, 9.17) is 17.5 Å². The van der Waals surface area contributed by atoms with Gasteiger partial charge in [-0.3, -0.25) is 9.34 Å². The molecule has 0 aliphatic carbocycles. The zero-order valence-electron chi connectivity index (χ0n) is 11.6. The van der Waals surface area contributed by atoms with Crippen LogP contribution in [0.1, 0.15) is 27.7 Å². The van der Waals surface area contributed by atoms with Gasteiger partial charge in [-0.1, -0.05) is 50.8 Å². The molecule has 0 spiro atoms. The molecule has 0 radical (unpaired) electrons. The monoisotopic (exact) mass is 306 g/mol. The van der Waals surface area contributed by atoms with Crippen molar-refractivity contribution >= 4 is 39.2 Å². The summed E-state index contributed by atoms with van der Waals surface area (Å²) in [7, 11) is 0. The molecule has 4 nitrogen and oxygen atoms in total. The minimum absolute atomic E-state index is 0.610. The number of thiazole rings is 1. The number of anilines is 1. The summed E-state index contributed by atoms with van der Waals surface area (Å²) in [5.41, 5.74) is 5.78. The van der Waals surface area contributed by atoms with Gasteiger partial charge in [0, 0.05) is 26.2 Å². The Balaban J connectivity index is 3.28. The van der Waals surface area contributed by atoms with Crippen molar-refractivity contribution in [2.45, 2.75) is 27.7 Å². The van der Waals surface area contributed by atoms with Gasteiger partial charge < -0.3 is 5.73 Å². The van der Waals surface area contributed by atoms with Gasteiger partial charge in [0.05, 0.1) is 10.8 Å². The summed E-state index contributed by atoms with van der Waals surface area (Å²) in [5.74, 6) is 0. The lowest BCUT2D eigenvalue weighted by Gasteiger charge is -2.40. The first-order valence-corrected chi connectivity index (χ1v) is 9.89. The minimum atomic E-state index is -1.90. The van der Waals surface area contributed by atoms with E-state index in [0.717, 1.165) is 30.8 Å². The zero-order chi connectivity index (χ0) is 13.8. The van der Waals surface area contributed by atoms with Crippen LogP contribution in [0.5, 0.6) is 0 Å². The molecule has 1 rings (SSSR count). The molecular weight excluding hydrogens is 283 g/mol. The Bertz CT molecular complexity index is 397. The molecule has 0 amide bonds. The number of nitrogens with zero attached hydrogens (tertiary/aromatic N) is 3. The Kier molecular flexibility index (Phi) is 6.21. The first-order valence-electron chi connectivity index (χ1n) is 6.37. The SMILES string of the molecule is CCN(CC)P(=S)(c1cnc(N)s1)N(CC)CC. The van der Waals surface area contributed by atoms with Crippen LogP contribution in [-0.2, 0) is 11.8 Å². The molecule has 2 N–H and O–H groups in total. The first kappa shape index (κ1) is 16.1. The van der Waals surface area contributed by atoms with Crippen molar-refractivity contribution in [2.24, 2.45) is 0 Å². The van der Waals surface area contributed by atoms with E-state index in [2.05, 4.69) is 42.0 Å². The highest BCUT2D eigenvalue weighted by Crippen LogP contribution is 2.53. The summed E-state index contributed by atoms with van der Waals surface area (Å²) in [5, 5.41) is 0.610. The molecule has 0 aliphatic heterocycles. The number of hydrogen-bond acceptors (Lipinski definition) is 4. The quantitative estimate of drug-likeness (QED) is 0.784. The van der Waals surface area contributed by atoms with E-state index < -0.39 is 6.34 Å². The zero-order valence-corrected chi connectivity index (χ0v) is 14.1. The van der Waals surface area contributed by atoms with E-state index >= 15 is 0 Å². The molecule has 0 unspecified atom stereocenters. The molecule has 0 atom stereocenters. The van der Waals surface area contributed by atoms with E-state index in [1.165, 1.54) is 0 Å². The van der Waals surface area contributed by atoms with Crippen LogP contribution in [0.25, 0.3) is 0 Å². The maximum Gasteiger partial charge on any atom is 0.180 e. The Morgan fingerprint density at radius 2 is 1.61 bits per heavy atom. The van der Waals surface area contributed by atoms with Crippen molar-refractivity contribution in [1.82, 2.24) is 14.3 Å². The summed E-state index contributed by atoms with van der Waals surface area (Å²) in [4.78, 5) is 4.19. The van der Waals surface area contributed by atoms with Gasteiger partial charge in [0.25, 0.3) is 0 Å². The second-order valence-electron chi connectivity index (χ2n) is 3.86. The van der Waals surface area contributed by atoms with E-state index in [1.807, 2.05) is 6.20 Å². The smallest absolute Gasteiger partial charge is 0.180 e. The lowest BCUT2D eigenvalue weighted by Crippen LogP contribution is -2.36. The largest absolute Gasteiger partial charge is 0.375 e. The minimum Gasteiger partial charge on any atom is -0.375 e. The Labute approximate surface area is 119 Å². The van der Waals surface area contributed by atoms with Gasteiger partial charge >= 0.3 is 0 Å². The van der Waals surface area contributed by atoms with Crippen molar-refractivity contribution in [3.05, 3.63) is 6.20 Å². The molecule has 104 valence electrons. The van der Waals surface area contributed by atoms with E-state index in [9.17, 15) is 0 Å². The molecule has 0 aromatic carbocycles. The molecule has 0 saturated heterocycles. The average molecular weight is 306 g/mol. The van der Waals surface area contributed by atoms with Crippen LogP contribution in [0.4, 0.5) is 5.13 Å². The van der Waals surface area contributed by atoms with Crippen molar-refractivity contribution in [2.75, 3.05) is 31.9 Å². The maximum atomic E-state index is 6.10. The number of nitrogen functional groups attached to an aromatic ring is 1. The second kappa shape index (κ2) is 6.96. The molecule has 0 bridgehead atoms. The molecule has 0 fully saturated rings. The average Bonchev–Trinajstić information content (AvgIpc) is 2.79. The molecule has 1 aromatic rings. The van der Waals surface area contributed by atoms with Crippen LogP contribution in [-0.4, -0.2) is 40.5 Å². The van der Waals surface area contributed by atoms with Crippen LogP contribution in [0.3, 0.4) is 0 Å². The van der Waals surface area contributed by atoms with E-state index in [1.54, 1.807) is 11.3 Å². The van der Waals surface area contributed by atoms with Gasteiger partial charge in [0.2, 0.25) is 0 Å². The fraction of sp³-hybridized carbons (Fsp3) is 0.727. The predicted molar refractivity (Wildman–Crippen MR) is 86.3 cm³/mol. The molecule has 0 aliphatic rings. The van der Waals surface area contributed by atoms with Gasteiger partial charge in [0.1, 0.15) is 6.34 Å². The highest BCUT2D eigenvalue weighted by molar-refractivity contribution is 8.17. The van der Waals surface area contributed by atoms with Gasteiger partial charge in [-0.2, -0.15) is 0 Å². The van der Waals surface area contributed by atoms with Crippen molar-refractivity contribution in [3.8, 4) is 0 Å². The van der Waals surface area contributed by atoms with Gasteiger partial charge in [-0.15, -0.1) is 0 Å². The topological polar surface area (TPSA) is 45.4 Å². The second-order valence-corrected chi connectivity index (χ2v) is 9.45. The third-order valence-corrected chi connectivity index (χ3v) is 10.4. The lowest BCUT2D eigenvalue weighted by molar-refractivity contribution is 0.428. The molecule has 7 heteroatoms. The van der Waals surface area contributed by atoms with Crippen LogP contribution < -0.4 is 10.4 Å². The fourth-order valence-corrected chi connectivity index (χ4v) is 8.48. The molecular formula is C11H23N4PS2. The highest BCUT2D eigenvalue weighted by atomic mass is 32.4. The number of aromatic nitrogens is 1. The molecule has 0 saturated carbocycles. The van der Waals surface area contributed by atoms with Crippen LogP contribution in [0, 0.1) is 0 Å². The standard InChI is InChI=1S/C11H23N4PS2/c1-5-14(6-2)16(17,15(7-3)8-4)10-9-13-11(12)18-10/h9H,5-8H2,1-4H3,(H2,12,13). The van der Waals surface area contributed by atoms with Gasteiger partial charge in [-0.25, -0.2) is 4.98 Å². The summed E-state index contributed by atoms with van der Waals surface area (Å²) >= 11 is 7.64. The van der Waals surface area contributed by atoms with Gasteiger partial charge in [-0.05, 0) is 0 Å². The number of nitrogens with two attached hydrogens (primary N) is 1. The lowest BCUT2D eigenvalue weighted by atomic mass is 10.7. The van der Waals surface area contributed by atoms with E-state index in [-0.39, 0.29) is 0 Å². The molecule has 1 aromatic heterocycles. The van der Waals surface area contributed by atoms with E-state index in [0.29, 0.717) is 5.13 Å². The van der Waals surface area contributed by atoms with Crippen molar-refractivity contribution in [3.63, 3.8) is 0 Å². The maximum absolute atomic E-state index is 6.10. The Hall–Kier alpha value is -0.0000000000000000486. The number of hydrogen-bond donors (Lipinski definition) is 1. The highest BCUT2D eigenvalue weighted by Gasteiger charge is 2.32. The Morgan fingerprint density at radius 3 is 1.89 bits per heavy atom. The number of rotatable bonds is 7. The summed E-state index contributed by atoms with van der Waals surface area (Å²) < 4.78 is 5.94. The summed E-state index contributed by atoms with van der Waals surface area (Å²) in [6.07, 6.45) is -0.0227. The normalized spacial score (nSPS) is 12.6. The third kappa shape index (κ3) is 2.94. The predicted octanol–water partition coefficient (Wildman–Crippen LogP) is 2.34. The van der Waals surface area contributed by atoms with Gasteiger partial charge in [0.15, 0.2) is 5.13 Å². The molecule has 18 heavy (non-hydrogen) atoms. The molecule has 1 heterocycles. The third-order valence-electron chi connectivity index (χ3n) is 3.03. The Morgan fingerprint density at radius 1 is 1.17 bits per heavy atom. The first-order chi connectivity index (χ1) is 8.54. The van der Waals surface area contributed by atoms with Crippen LogP contribution in [0.2, 0.25) is 0 Å².